The van der Waals surface area contributed by atoms with Crippen LogP contribution in [0, 0.1) is 17.8 Å². The van der Waals surface area contributed by atoms with Gasteiger partial charge in [-0.15, -0.1) is 0 Å². The minimum atomic E-state index is 0.730. The highest BCUT2D eigenvalue weighted by Crippen LogP contribution is 2.33. The Bertz CT molecular complexity index is 289. The highest BCUT2D eigenvalue weighted by molar-refractivity contribution is 4.91. The average molecular weight is 295 g/mol. The Labute approximate surface area is 133 Å². The first-order valence-electron chi connectivity index (χ1n) is 9.57. The van der Waals surface area contributed by atoms with E-state index in [0.717, 1.165) is 29.8 Å². The third kappa shape index (κ3) is 4.69. The first-order valence-corrected chi connectivity index (χ1v) is 9.57. The van der Waals surface area contributed by atoms with Crippen LogP contribution in [0.3, 0.4) is 0 Å². The van der Waals surface area contributed by atoms with Crippen molar-refractivity contribution in [1.29, 1.82) is 0 Å². The smallest absolute Gasteiger partial charge is 0.0251 e. The molecular formula is C19H38N2. The third-order valence-corrected chi connectivity index (χ3v) is 6.21. The van der Waals surface area contributed by atoms with Crippen molar-refractivity contribution in [1.82, 2.24) is 10.2 Å². The number of likely N-dealkylation sites (tertiary alicyclic amines) is 1. The van der Waals surface area contributed by atoms with Gasteiger partial charge in [-0.05, 0) is 76.4 Å². The SMILES string of the molecule is CCCC1CCC(NC)C(N2CCCC(C(C)C)CC2)C1. The van der Waals surface area contributed by atoms with Crippen LogP contribution < -0.4 is 5.32 Å². The Morgan fingerprint density at radius 3 is 2.57 bits per heavy atom. The molecule has 0 aromatic rings. The van der Waals surface area contributed by atoms with Gasteiger partial charge < -0.3 is 5.32 Å². The summed E-state index contributed by atoms with van der Waals surface area (Å²) in [6.45, 7) is 9.84. The highest BCUT2D eigenvalue weighted by atomic mass is 15.2. The Morgan fingerprint density at radius 2 is 1.90 bits per heavy atom. The summed E-state index contributed by atoms with van der Waals surface area (Å²) in [7, 11) is 2.17. The first kappa shape index (κ1) is 17.3. The summed E-state index contributed by atoms with van der Waals surface area (Å²) in [6.07, 6.45) is 11.3. The van der Waals surface area contributed by atoms with Crippen LogP contribution in [0.4, 0.5) is 0 Å². The van der Waals surface area contributed by atoms with Gasteiger partial charge in [-0.2, -0.15) is 0 Å². The molecule has 124 valence electrons. The standard InChI is InChI=1S/C19H38N2/c1-5-7-16-9-10-18(20-4)19(14-16)21-12-6-8-17(11-13-21)15(2)3/h15-20H,5-14H2,1-4H3. The Hall–Kier alpha value is -0.0800. The van der Waals surface area contributed by atoms with Crippen molar-refractivity contribution in [3.8, 4) is 0 Å². The predicted octanol–water partition coefficient (Wildman–Crippen LogP) is 4.30. The van der Waals surface area contributed by atoms with E-state index in [9.17, 15) is 0 Å². The molecule has 1 aliphatic heterocycles. The number of rotatable bonds is 5. The molecular weight excluding hydrogens is 256 g/mol. The summed E-state index contributed by atoms with van der Waals surface area (Å²) in [6, 6.07) is 1.53. The molecule has 0 aromatic carbocycles. The van der Waals surface area contributed by atoms with Gasteiger partial charge in [-0.3, -0.25) is 4.90 Å². The van der Waals surface area contributed by atoms with Crippen molar-refractivity contribution < 1.29 is 0 Å². The van der Waals surface area contributed by atoms with Crippen molar-refractivity contribution >= 4 is 0 Å². The molecule has 0 spiro atoms. The first-order chi connectivity index (χ1) is 10.2. The van der Waals surface area contributed by atoms with Crippen LogP contribution in [0.5, 0.6) is 0 Å². The number of nitrogens with zero attached hydrogens (tertiary/aromatic N) is 1. The van der Waals surface area contributed by atoms with Crippen LogP contribution in [0.1, 0.15) is 72.1 Å². The average Bonchev–Trinajstić information content (AvgIpc) is 2.73. The van der Waals surface area contributed by atoms with Crippen molar-refractivity contribution in [3.05, 3.63) is 0 Å². The Balaban J connectivity index is 1.96. The number of hydrogen-bond acceptors (Lipinski definition) is 2. The summed E-state index contributed by atoms with van der Waals surface area (Å²) in [5.74, 6) is 2.80. The summed E-state index contributed by atoms with van der Waals surface area (Å²) in [5, 5.41) is 3.63. The fourth-order valence-electron chi connectivity index (χ4n) is 4.78. The molecule has 2 nitrogen and oxygen atoms in total. The molecule has 0 radical (unpaired) electrons. The third-order valence-electron chi connectivity index (χ3n) is 6.21. The zero-order valence-corrected chi connectivity index (χ0v) is 14.9. The van der Waals surface area contributed by atoms with E-state index in [1.807, 2.05) is 0 Å². The van der Waals surface area contributed by atoms with Gasteiger partial charge in [0.2, 0.25) is 0 Å². The second kappa shape index (κ2) is 8.53. The van der Waals surface area contributed by atoms with E-state index in [2.05, 4.69) is 38.0 Å². The van der Waals surface area contributed by atoms with E-state index in [1.165, 1.54) is 64.5 Å². The molecule has 4 unspecified atom stereocenters. The summed E-state index contributed by atoms with van der Waals surface area (Å²) >= 11 is 0. The van der Waals surface area contributed by atoms with Crippen molar-refractivity contribution in [3.63, 3.8) is 0 Å². The monoisotopic (exact) mass is 294 g/mol. The Kier molecular flexibility index (Phi) is 7.01. The van der Waals surface area contributed by atoms with Gasteiger partial charge in [0, 0.05) is 12.1 Å². The molecule has 1 heterocycles. The highest BCUT2D eigenvalue weighted by Gasteiger charge is 2.34. The molecule has 1 N–H and O–H groups in total. The quantitative estimate of drug-likeness (QED) is 0.813. The normalized spacial score (nSPS) is 35.9. The van der Waals surface area contributed by atoms with Crippen molar-refractivity contribution in [2.45, 2.75) is 84.2 Å². The van der Waals surface area contributed by atoms with E-state index >= 15 is 0 Å². The second-order valence-electron chi connectivity index (χ2n) is 7.90. The van der Waals surface area contributed by atoms with Crippen LogP contribution >= 0.6 is 0 Å². The lowest BCUT2D eigenvalue weighted by Crippen LogP contribution is -2.52. The maximum Gasteiger partial charge on any atom is 0.0251 e. The van der Waals surface area contributed by atoms with Gasteiger partial charge in [0.05, 0.1) is 0 Å². The van der Waals surface area contributed by atoms with Gasteiger partial charge in [0.15, 0.2) is 0 Å². The van der Waals surface area contributed by atoms with Gasteiger partial charge in [0.25, 0.3) is 0 Å². The number of hydrogen-bond donors (Lipinski definition) is 1. The fourth-order valence-corrected chi connectivity index (χ4v) is 4.78. The largest absolute Gasteiger partial charge is 0.315 e. The molecule has 4 atom stereocenters. The van der Waals surface area contributed by atoms with Gasteiger partial charge >= 0.3 is 0 Å². The summed E-state index contributed by atoms with van der Waals surface area (Å²) < 4.78 is 0. The van der Waals surface area contributed by atoms with Crippen molar-refractivity contribution in [2.24, 2.45) is 17.8 Å². The van der Waals surface area contributed by atoms with E-state index in [1.54, 1.807) is 0 Å². The number of likely N-dealkylation sites (N-methyl/N-ethyl adjacent to an activating group) is 1. The maximum atomic E-state index is 3.63. The number of nitrogens with one attached hydrogen (secondary N) is 1. The molecule has 0 bridgehead atoms. The van der Waals surface area contributed by atoms with Crippen LogP contribution in [-0.4, -0.2) is 37.1 Å². The van der Waals surface area contributed by atoms with E-state index in [0.29, 0.717) is 0 Å². The molecule has 21 heavy (non-hydrogen) atoms. The minimum absolute atomic E-state index is 0.730. The van der Waals surface area contributed by atoms with Gasteiger partial charge in [0.1, 0.15) is 0 Å². The minimum Gasteiger partial charge on any atom is -0.315 e. The molecule has 2 aliphatic rings. The molecule has 2 heteroatoms. The maximum absolute atomic E-state index is 3.63. The fraction of sp³-hybridized carbons (Fsp3) is 1.00. The van der Waals surface area contributed by atoms with Crippen LogP contribution in [0.2, 0.25) is 0 Å². The zero-order valence-electron chi connectivity index (χ0n) is 14.9. The lowest BCUT2D eigenvalue weighted by molar-refractivity contribution is 0.0981. The topological polar surface area (TPSA) is 15.3 Å². The molecule has 2 fully saturated rings. The molecule has 0 aromatic heterocycles. The van der Waals surface area contributed by atoms with E-state index in [-0.39, 0.29) is 0 Å². The molecule has 1 saturated carbocycles. The van der Waals surface area contributed by atoms with E-state index < -0.39 is 0 Å². The lowest BCUT2D eigenvalue weighted by Gasteiger charge is -2.42. The summed E-state index contributed by atoms with van der Waals surface area (Å²) in [4.78, 5) is 2.85. The van der Waals surface area contributed by atoms with Crippen LogP contribution in [0.15, 0.2) is 0 Å². The van der Waals surface area contributed by atoms with Crippen LogP contribution in [0.25, 0.3) is 0 Å². The van der Waals surface area contributed by atoms with Crippen LogP contribution in [-0.2, 0) is 0 Å². The molecule has 1 saturated heterocycles. The second-order valence-corrected chi connectivity index (χ2v) is 7.90. The summed E-state index contributed by atoms with van der Waals surface area (Å²) in [5.41, 5.74) is 0. The molecule has 0 amide bonds. The lowest BCUT2D eigenvalue weighted by atomic mass is 9.79. The predicted molar refractivity (Wildman–Crippen MR) is 92.6 cm³/mol. The van der Waals surface area contributed by atoms with Gasteiger partial charge in [-0.1, -0.05) is 33.6 Å². The molecule has 1 aliphatic carbocycles. The van der Waals surface area contributed by atoms with Crippen molar-refractivity contribution in [2.75, 3.05) is 20.1 Å². The Morgan fingerprint density at radius 1 is 1.10 bits per heavy atom. The molecule has 2 rings (SSSR count). The van der Waals surface area contributed by atoms with E-state index in [4.69, 9.17) is 0 Å². The van der Waals surface area contributed by atoms with Gasteiger partial charge in [-0.25, -0.2) is 0 Å². The zero-order chi connectivity index (χ0) is 15.2.